The Labute approximate surface area is 116 Å². The molecule has 1 heterocycles. The van der Waals surface area contributed by atoms with Crippen LogP contribution in [-0.4, -0.2) is 24.8 Å². The molecule has 0 aromatic heterocycles. The molecule has 0 unspecified atom stereocenters. The third-order valence-electron chi connectivity index (χ3n) is 2.42. The average molecular weight is 309 g/mol. The lowest BCUT2D eigenvalue weighted by molar-refractivity contribution is -0.159. The molecule has 2 amide bonds. The molecule has 20 heavy (non-hydrogen) atoms. The second kappa shape index (κ2) is 5.20. The van der Waals surface area contributed by atoms with Crippen molar-refractivity contribution in [1.29, 1.82) is 0 Å². The zero-order chi connectivity index (χ0) is 14.9. The number of alkyl halides is 3. The van der Waals surface area contributed by atoms with Gasteiger partial charge in [0.05, 0.1) is 17.1 Å². The summed E-state index contributed by atoms with van der Waals surface area (Å²) in [5, 5.41) is 4.72. The lowest BCUT2D eigenvalue weighted by Crippen LogP contribution is -2.23. The summed E-state index contributed by atoms with van der Waals surface area (Å²) in [4.78, 5) is 22.4. The number of hydrogen-bond donors (Lipinski definition) is 2. The van der Waals surface area contributed by atoms with Crippen LogP contribution < -0.4 is 10.6 Å². The molecular weight excluding hydrogens is 301 g/mol. The molecular formula is C11H8ClF3N2O3. The van der Waals surface area contributed by atoms with Crippen LogP contribution in [0, 0.1) is 0 Å². The molecule has 0 bridgehead atoms. The average Bonchev–Trinajstić information content (AvgIpc) is 2.65. The molecule has 2 N–H and O–H groups in total. The fraction of sp³-hybridized carbons (Fsp3) is 0.273. The number of rotatable bonds is 2. The molecule has 0 saturated carbocycles. The fourth-order valence-electron chi connectivity index (χ4n) is 1.64. The first kappa shape index (κ1) is 14.4. The van der Waals surface area contributed by atoms with Crippen molar-refractivity contribution in [2.75, 3.05) is 17.2 Å². The standard InChI is InChI=1S/C11H8ClF3N2O3/c12-6-3-7-5(2-9(18)16-7)1-8(6)17-10(19)20-4-11(13,14)15/h1,3H,2,4H2,(H,16,18)(H,17,19). The van der Waals surface area contributed by atoms with Gasteiger partial charge >= 0.3 is 12.3 Å². The van der Waals surface area contributed by atoms with Crippen LogP contribution in [0.1, 0.15) is 5.56 Å². The Morgan fingerprint density at radius 1 is 1.45 bits per heavy atom. The first-order valence-electron chi connectivity index (χ1n) is 5.37. The maximum Gasteiger partial charge on any atom is 0.422 e. The highest BCUT2D eigenvalue weighted by Gasteiger charge is 2.30. The number of carbonyl (C=O) groups is 2. The van der Waals surface area contributed by atoms with Crippen molar-refractivity contribution in [1.82, 2.24) is 0 Å². The summed E-state index contributed by atoms with van der Waals surface area (Å²) in [5.41, 5.74) is 1.17. The van der Waals surface area contributed by atoms with Crippen LogP contribution >= 0.6 is 11.6 Å². The van der Waals surface area contributed by atoms with Crippen molar-refractivity contribution in [3.05, 3.63) is 22.7 Å². The van der Waals surface area contributed by atoms with Crippen LogP contribution in [0.3, 0.4) is 0 Å². The molecule has 0 saturated heterocycles. The molecule has 0 aliphatic carbocycles. The molecule has 9 heteroatoms. The van der Waals surface area contributed by atoms with Gasteiger partial charge in [-0.15, -0.1) is 0 Å². The van der Waals surface area contributed by atoms with Gasteiger partial charge in [0.2, 0.25) is 5.91 Å². The zero-order valence-electron chi connectivity index (χ0n) is 9.81. The van der Waals surface area contributed by atoms with Gasteiger partial charge in [0.15, 0.2) is 6.61 Å². The summed E-state index contributed by atoms with van der Waals surface area (Å²) in [6.07, 6.45) is -5.77. The van der Waals surface area contributed by atoms with E-state index in [1.165, 1.54) is 12.1 Å². The van der Waals surface area contributed by atoms with E-state index in [0.29, 0.717) is 11.3 Å². The van der Waals surface area contributed by atoms with Crippen LogP contribution in [0.4, 0.5) is 29.3 Å². The van der Waals surface area contributed by atoms with E-state index in [1.807, 2.05) is 0 Å². The molecule has 1 aliphatic rings. The van der Waals surface area contributed by atoms with Crippen molar-refractivity contribution < 1.29 is 27.5 Å². The number of halogens is 4. The maximum atomic E-state index is 11.9. The van der Waals surface area contributed by atoms with Gasteiger partial charge in [-0.1, -0.05) is 11.6 Å². The molecule has 2 rings (SSSR count). The molecule has 0 radical (unpaired) electrons. The Hall–Kier alpha value is -1.96. The number of carbonyl (C=O) groups excluding carboxylic acids is 2. The van der Waals surface area contributed by atoms with Gasteiger partial charge in [-0.25, -0.2) is 4.79 Å². The summed E-state index contributed by atoms with van der Waals surface area (Å²) in [6, 6.07) is 2.81. The minimum atomic E-state index is -4.60. The highest BCUT2D eigenvalue weighted by atomic mass is 35.5. The van der Waals surface area contributed by atoms with Gasteiger partial charge in [-0.3, -0.25) is 10.1 Å². The summed E-state index contributed by atoms with van der Waals surface area (Å²) >= 11 is 5.85. The largest absolute Gasteiger partial charge is 0.440 e. The van der Waals surface area contributed by atoms with Gasteiger partial charge in [0.25, 0.3) is 0 Å². The SMILES string of the molecule is O=C1Cc2cc(NC(=O)OCC(F)(F)F)c(Cl)cc2N1. The number of hydrogen-bond acceptors (Lipinski definition) is 3. The number of fused-ring (bicyclic) bond motifs is 1. The monoisotopic (exact) mass is 308 g/mol. The zero-order valence-corrected chi connectivity index (χ0v) is 10.6. The summed E-state index contributed by atoms with van der Waals surface area (Å²) in [6.45, 7) is -1.69. The van der Waals surface area contributed by atoms with Crippen molar-refractivity contribution in [2.24, 2.45) is 0 Å². The van der Waals surface area contributed by atoms with Gasteiger partial charge in [0.1, 0.15) is 0 Å². The van der Waals surface area contributed by atoms with Crippen LogP contribution in [0.2, 0.25) is 5.02 Å². The van der Waals surface area contributed by atoms with Crippen LogP contribution in [-0.2, 0) is 16.0 Å². The normalized spacial score (nSPS) is 13.7. The molecule has 108 valence electrons. The van der Waals surface area contributed by atoms with Crippen molar-refractivity contribution in [2.45, 2.75) is 12.6 Å². The van der Waals surface area contributed by atoms with E-state index < -0.39 is 18.9 Å². The molecule has 1 aliphatic heterocycles. The van der Waals surface area contributed by atoms with Gasteiger partial charge in [-0.05, 0) is 17.7 Å². The van der Waals surface area contributed by atoms with Crippen LogP contribution in [0.5, 0.6) is 0 Å². The van der Waals surface area contributed by atoms with E-state index in [9.17, 15) is 22.8 Å². The predicted octanol–water partition coefficient (Wildman–Crippen LogP) is 2.95. The Kier molecular flexibility index (Phi) is 3.76. The van der Waals surface area contributed by atoms with Crippen LogP contribution in [0.25, 0.3) is 0 Å². The Bertz CT molecular complexity index is 575. The molecule has 5 nitrogen and oxygen atoms in total. The second-order valence-electron chi connectivity index (χ2n) is 4.03. The quantitative estimate of drug-likeness (QED) is 0.882. The first-order chi connectivity index (χ1) is 9.24. The van der Waals surface area contributed by atoms with E-state index in [-0.39, 0.29) is 23.0 Å². The van der Waals surface area contributed by atoms with Gasteiger partial charge in [-0.2, -0.15) is 13.2 Å². The number of ether oxygens (including phenoxy) is 1. The molecule has 0 fully saturated rings. The Balaban J connectivity index is 2.05. The smallest absolute Gasteiger partial charge is 0.422 e. The van der Waals surface area contributed by atoms with Crippen molar-refractivity contribution >= 4 is 35.0 Å². The number of anilines is 2. The van der Waals surface area contributed by atoms with E-state index in [4.69, 9.17) is 11.6 Å². The maximum absolute atomic E-state index is 11.9. The molecule has 0 spiro atoms. The van der Waals surface area contributed by atoms with E-state index in [2.05, 4.69) is 15.4 Å². The predicted molar refractivity (Wildman–Crippen MR) is 64.8 cm³/mol. The highest BCUT2D eigenvalue weighted by molar-refractivity contribution is 6.34. The second-order valence-corrected chi connectivity index (χ2v) is 4.44. The lowest BCUT2D eigenvalue weighted by Gasteiger charge is -2.11. The highest BCUT2D eigenvalue weighted by Crippen LogP contribution is 2.32. The fourth-order valence-corrected chi connectivity index (χ4v) is 1.85. The summed E-state index contributed by atoms with van der Waals surface area (Å²) < 4.78 is 39.6. The van der Waals surface area contributed by atoms with Gasteiger partial charge in [0, 0.05) is 5.69 Å². The Morgan fingerprint density at radius 2 is 2.15 bits per heavy atom. The topological polar surface area (TPSA) is 67.4 Å². The minimum Gasteiger partial charge on any atom is -0.440 e. The number of amides is 2. The first-order valence-corrected chi connectivity index (χ1v) is 5.75. The third-order valence-corrected chi connectivity index (χ3v) is 2.73. The summed E-state index contributed by atoms with van der Waals surface area (Å²) in [7, 11) is 0. The van der Waals surface area contributed by atoms with Crippen molar-refractivity contribution in [3.63, 3.8) is 0 Å². The summed E-state index contributed by atoms with van der Waals surface area (Å²) in [5.74, 6) is -0.229. The number of benzene rings is 1. The number of nitrogens with one attached hydrogen (secondary N) is 2. The van der Waals surface area contributed by atoms with Crippen molar-refractivity contribution in [3.8, 4) is 0 Å². The van der Waals surface area contributed by atoms with Crippen LogP contribution in [0.15, 0.2) is 12.1 Å². The van der Waals surface area contributed by atoms with E-state index >= 15 is 0 Å². The lowest BCUT2D eigenvalue weighted by atomic mass is 10.1. The van der Waals surface area contributed by atoms with E-state index in [0.717, 1.165) is 0 Å². The molecule has 0 atom stereocenters. The van der Waals surface area contributed by atoms with Gasteiger partial charge < -0.3 is 10.1 Å². The molecule has 1 aromatic carbocycles. The van der Waals surface area contributed by atoms with E-state index in [1.54, 1.807) is 0 Å². The Morgan fingerprint density at radius 3 is 2.80 bits per heavy atom. The third kappa shape index (κ3) is 3.53. The minimum absolute atomic E-state index is 0.0779. The molecule has 1 aromatic rings.